The third-order valence-corrected chi connectivity index (χ3v) is 4.73. The van der Waals surface area contributed by atoms with Crippen LogP contribution in [-0.2, 0) is 11.3 Å². The second kappa shape index (κ2) is 7.93. The molecule has 1 N–H and O–H groups in total. The molecule has 2 amide bonds. The summed E-state index contributed by atoms with van der Waals surface area (Å²) in [5.74, 6) is 1.14. The van der Waals surface area contributed by atoms with Gasteiger partial charge in [0.15, 0.2) is 6.10 Å². The predicted molar refractivity (Wildman–Crippen MR) is 103 cm³/mol. The van der Waals surface area contributed by atoms with E-state index in [9.17, 15) is 4.79 Å². The summed E-state index contributed by atoms with van der Waals surface area (Å²) in [7, 11) is 0. The molecular weight excluding hydrogens is 358 g/mol. The van der Waals surface area contributed by atoms with Gasteiger partial charge >= 0.3 is 6.03 Å². The summed E-state index contributed by atoms with van der Waals surface area (Å²) >= 11 is 0. The monoisotopic (exact) mass is 381 g/mol. The molecule has 4 rings (SSSR count). The number of hydrogen-bond acceptors (Lipinski definition) is 6. The van der Waals surface area contributed by atoms with Crippen LogP contribution in [0.3, 0.4) is 0 Å². The maximum absolute atomic E-state index is 12.7. The fourth-order valence-corrected chi connectivity index (χ4v) is 3.19. The Balaban J connectivity index is 1.40. The van der Waals surface area contributed by atoms with Gasteiger partial charge in [0.25, 0.3) is 0 Å². The molecule has 0 bridgehead atoms. The number of morpholine rings is 1. The second-order valence-electron chi connectivity index (χ2n) is 7.09. The lowest BCUT2D eigenvalue weighted by atomic mass is 10.1. The molecule has 0 radical (unpaired) electrons. The van der Waals surface area contributed by atoms with Crippen LogP contribution in [0.25, 0.3) is 10.9 Å². The van der Waals surface area contributed by atoms with Crippen LogP contribution in [0, 0.1) is 0 Å². The lowest BCUT2D eigenvalue weighted by Gasteiger charge is -2.31. The Morgan fingerprint density at radius 2 is 2.14 bits per heavy atom. The van der Waals surface area contributed by atoms with Crippen LogP contribution in [0.2, 0.25) is 0 Å². The molecule has 1 aliphatic rings. The molecule has 28 heavy (non-hydrogen) atoms. The van der Waals surface area contributed by atoms with Crippen molar-refractivity contribution in [2.45, 2.75) is 32.4 Å². The van der Waals surface area contributed by atoms with E-state index < -0.39 is 6.10 Å². The van der Waals surface area contributed by atoms with Gasteiger partial charge in [-0.25, -0.2) is 4.79 Å². The van der Waals surface area contributed by atoms with Crippen LogP contribution < -0.4 is 5.32 Å². The number of aromatic nitrogens is 3. The number of carbonyl (C=O) groups is 1. The Bertz CT molecular complexity index is 966. The zero-order valence-corrected chi connectivity index (χ0v) is 16.0. The summed E-state index contributed by atoms with van der Waals surface area (Å²) in [4.78, 5) is 18.8. The average Bonchev–Trinajstić information content (AvgIpc) is 3.23. The third-order valence-electron chi connectivity index (χ3n) is 4.73. The van der Waals surface area contributed by atoms with E-state index in [0.29, 0.717) is 38.0 Å². The molecule has 1 unspecified atom stereocenters. The first-order chi connectivity index (χ1) is 13.6. The van der Waals surface area contributed by atoms with Gasteiger partial charge in [-0.3, -0.25) is 4.98 Å². The van der Waals surface area contributed by atoms with Crippen molar-refractivity contribution in [3.63, 3.8) is 0 Å². The number of pyridine rings is 1. The molecule has 1 aromatic carbocycles. The van der Waals surface area contributed by atoms with E-state index in [2.05, 4.69) is 20.5 Å². The summed E-state index contributed by atoms with van der Waals surface area (Å²) < 4.78 is 11.4. The van der Waals surface area contributed by atoms with E-state index in [1.54, 1.807) is 11.1 Å². The van der Waals surface area contributed by atoms with Crippen LogP contribution >= 0.6 is 0 Å². The maximum Gasteiger partial charge on any atom is 0.317 e. The van der Waals surface area contributed by atoms with Crippen molar-refractivity contribution in [1.82, 2.24) is 25.4 Å². The molecule has 8 nitrogen and oxygen atoms in total. The minimum absolute atomic E-state index is 0.148. The van der Waals surface area contributed by atoms with E-state index in [1.807, 2.05) is 44.2 Å². The van der Waals surface area contributed by atoms with Crippen molar-refractivity contribution in [1.29, 1.82) is 0 Å². The number of amides is 2. The average molecular weight is 381 g/mol. The minimum Gasteiger partial charge on any atom is -0.422 e. The number of nitrogens with zero attached hydrogens (tertiary/aromatic N) is 4. The number of fused-ring (bicyclic) bond motifs is 1. The number of benzene rings is 1. The molecule has 8 heteroatoms. The normalized spacial score (nSPS) is 17.2. The molecule has 1 fully saturated rings. The van der Waals surface area contributed by atoms with Crippen molar-refractivity contribution in [2.75, 3.05) is 19.7 Å². The van der Waals surface area contributed by atoms with Crippen LogP contribution in [-0.4, -0.2) is 45.8 Å². The molecule has 2 aromatic heterocycles. The molecule has 1 atom stereocenters. The first kappa shape index (κ1) is 18.4. The lowest BCUT2D eigenvalue weighted by Crippen LogP contribution is -2.47. The van der Waals surface area contributed by atoms with Gasteiger partial charge in [-0.15, -0.1) is 10.2 Å². The van der Waals surface area contributed by atoms with Crippen molar-refractivity contribution < 1.29 is 13.9 Å². The number of rotatable bonds is 4. The topological polar surface area (TPSA) is 93.4 Å². The first-order valence-corrected chi connectivity index (χ1v) is 9.42. The molecule has 1 aliphatic heterocycles. The van der Waals surface area contributed by atoms with Gasteiger partial charge in [0.1, 0.15) is 0 Å². The predicted octanol–water partition coefficient (Wildman–Crippen LogP) is 3.02. The van der Waals surface area contributed by atoms with Gasteiger partial charge in [-0.1, -0.05) is 38.1 Å². The maximum atomic E-state index is 12.7. The summed E-state index contributed by atoms with van der Waals surface area (Å²) in [6, 6.07) is 9.72. The molecule has 146 valence electrons. The Morgan fingerprint density at radius 1 is 1.29 bits per heavy atom. The third kappa shape index (κ3) is 3.82. The van der Waals surface area contributed by atoms with E-state index in [1.165, 1.54) is 0 Å². The molecule has 3 aromatic rings. The first-order valence-electron chi connectivity index (χ1n) is 9.42. The van der Waals surface area contributed by atoms with Crippen molar-refractivity contribution in [3.8, 4) is 0 Å². The Morgan fingerprint density at radius 3 is 2.96 bits per heavy atom. The minimum atomic E-state index is -0.404. The highest BCUT2D eigenvalue weighted by molar-refractivity contribution is 5.82. The van der Waals surface area contributed by atoms with Crippen molar-refractivity contribution in [3.05, 3.63) is 53.9 Å². The van der Waals surface area contributed by atoms with Gasteiger partial charge in [0, 0.05) is 30.6 Å². The van der Waals surface area contributed by atoms with Gasteiger partial charge in [-0.2, -0.15) is 0 Å². The number of ether oxygens (including phenoxy) is 1. The molecule has 3 heterocycles. The Hall–Kier alpha value is -3.00. The number of para-hydroxylation sites is 1. The van der Waals surface area contributed by atoms with Crippen LogP contribution in [0.15, 0.2) is 40.9 Å². The van der Waals surface area contributed by atoms with Crippen molar-refractivity contribution >= 4 is 16.9 Å². The van der Waals surface area contributed by atoms with Gasteiger partial charge < -0.3 is 19.4 Å². The molecule has 0 spiro atoms. The zero-order valence-electron chi connectivity index (χ0n) is 16.0. The zero-order chi connectivity index (χ0) is 19.5. The summed E-state index contributed by atoms with van der Waals surface area (Å²) in [6.07, 6.45) is 1.36. The summed E-state index contributed by atoms with van der Waals surface area (Å²) in [6.45, 7) is 5.70. The standard InChI is InChI=1S/C20H23N5O3/c1-13(2)18-23-24-19(28-18)16-12-25(9-10-27-16)20(26)22-11-15-6-3-5-14-7-4-8-21-17(14)15/h3-8,13,16H,9-12H2,1-2H3,(H,22,26). The highest BCUT2D eigenvalue weighted by Gasteiger charge is 2.29. The number of hydrogen-bond donors (Lipinski definition) is 1. The number of urea groups is 1. The number of carbonyl (C=O) groups excluding carboxylic acids is 1. The fourth-order valence-electron chi connectivity index (χ4n) is 3.19. The smallest absolute Gasteiger partial charge is 0.317 e. The molecule has 0 aliphatic carbocycles. The quantitative estimate of drug-likeness (QED) is 0.747. The van der Waals surface area contributed by atoms with Crippen LogP contribution in [0.1, 0.15) is 43.2 Å². The summed E-state index contributed by atoms with van der Waals surface area (Å²) in [5, 5.41) is 12.2. The lowest BCUT2D eigenvalue weighted by molar-refractivity contribution is -0.0294. The van der Waals surface area contributed by atoms with Crippen LogP contribution in [0.5, 0.6) is 0 Å². The van der Waals surface area contributed by atoms with E-state index >= 15 is 0 Å². The number of nitrogens with one attached hydrogen (secondary N) is 1. The Labute approximate surface area is 162 Å². The van der Waals surface area contributed by atoms with E-state index in [0.717, 1.165) is 16.5 Å². The largest absolute Gasteiger partial charge is 0.422 e. The highest BCUT2D eigenvalue weighted by Crippen LogP contribution is 2.23. The summed E-state index contributed by atoms with van der Waals surface area (Å²) in [5.41, 5.74) is 1.88. The van der Waals surface area contributed by atoms with E-state index in [4.69, 9.17) is 9.15 Å². The fraction of sp³-hybridized carbons (Fsp3) is 0.400. The highest BCUT2D eigenvalue weighted by atomic mass is 16.5. The van der Waals surface area contributed by atoms with Gasteiger partial charge in [-0.05, 0) is 11.6 Å². The molecular formula is C20H23N5O3. The SMILES string of the molecule is CC(C)c1nnc(C2CN(C(=O)NCc3cccc4cccnc34)CCO2)o1. The Kier molecular flexibility index (Phi) is 5.21. The van der Waals surface area contributed by atoms with E-state index in [-0.39, 0.29) is 11.9 Å². The van der Waals surface area contributed by atoms with Gasteiger partial charge in [0.05, 0.1) is 18.7 Å². The van der Waals surface area contributed by atoms with Crippen molar-refractivity contribution in [2.24, 2.45) is 0 Å². The second-order valence-corrected chi connectivity index (χ2v) is 7.09. The molecule has 0 saturated carbocycles. The molecule has 1 saturated heterocycles. The van der Waals surface area contributed by atoms with Crippen LogP contribution in [0.4, 0.5) is 4.79 Å². The van der Waals surface area contributed by atoms with Gasteiger partial charge in [0.2, 0.25) is 11.8 Å².